The van der Waals surface area contributed by atoms with E-state index in [1.54, 1.807) is 48.9 Å². The summed E-state index contributed by atoms with van der Waals surface area (Å²) in [6, 6.07) is 10.6. The molecule has 0 aliphatic carbocycles. The van der Waals surface area contributed by atoms with E-state index in [0.29, 0.717) is 17.9 Å². The Morgan fingerprint density at radius 2 is 2.05 bits per heavy atom. The van der Waals surface area contributed by atoms with Gasteiger partial charge in [-0.2, -0.15) is 5.10 Å². The molecule has 1 aromatic heterocycles. The SMILES string of the molecule is CCOc1ccccc1C(=O)N/N=C\c1ccncc1. The van der Waals surface area contributed by atoms with Gasteiger partial charge < -0.3 is 4.74 Å². The van der Waals surface area contributed by atoms with Crippen LogP contribution >= 0.6 is 0 Å². The largest absolute Gasteiger partial charge is 0.493 e. The number of para-hydroxylation sites is 1. The maximum absolute atomic E-state index is 12.0. The molecule has 0 fully saturated rings. The smallest absolute Gasteiger partial charge is 0.275 e. The highest BCUT2D eigenvalue weighted by molar-refractivity contribution is 5.97. The molecule has 2 aromatic rings. The van der Waals surface area contributed by atoms with Gasteiger partial charge in [0.1, 0.15) is 5.75 Å². The van der Waals surface area contributed by atoms with Gasteiger partial charge in [0.2, 0.25) is 0 Å². The van der Waals surface area contributed by atoms with Gasteiger partial charge in [-0.15, -0.1) is 0 Å². The fourth-order valence-corrected chi connectivity index (χ4v) is 1.61. The van der Waals surface area contributed by atoms with Crippen molar-refractivity contribution in [3.8, 4) is 5.75 Å². The summed E-state index contributed by atoms with van der Waals surface area (Å²) in [4.78, 5) is 15.9. The maximum atomic E-state index is 12.0. The molecule has 1 aromatic carbocycles. The predicted octanol–water partition coefficient (Wildman–Crippen LogP) is 2.24. The Kier molecular flexibility index (Phi) is 4.83. The monoisotopic (exact) mass is 269 g/mol. The van der Waals surface area contributed by atoms with Gasteiger partial charge in [-0.1, -0.05) is 12.1 Å². The second-order valence-electron chi connectivity index (χ2n) is 3.91. The van der Waals surface area contributed by atoms with Gasteiger partial charge in [-0.05, 0) is 36.8 Å². The number of rotatable bonds is 5. The molecule has 0 bridgehead atoms. The minimum absolute atomic E-state index is 0.306. The molecular formula is C15H15N3O2. The minimum Gasteiger partial charge on any atom is -0.493 e. The zero-order chi connectivity index (χ0) is 14.2. The molecule has 0 aliphatic heterocycles. The summed E-state index contributed by atoms with van der Waals surface area (Å²) < 4.78 is 5.40. The van der Waals surface area contributed by atoms with Gasteiger partial charge in [0.05, 0.1) is 18.4 Å². The van der Waals surface area contributed by atoms with E-state index in [9.17, 15) is 4.79 Å². The molecule has 102 valence electrons. The Hall–Kier alpha value is -2.69. The van der Waals surface area contributed by atoms with E-state index in [2.05, 4.69) is 15.5 Å². The van der Waals surface area contributed by atoms with Crippen molar-refractivity contribution in [1.82, 2.24) is 10.4 Å². The third kappa shape index (κ3) is 3.65. The molecule has 0 spiro atoms. The van der Waals surface area contributed by atoms with E-state index in [-0.39, 0.29) is 5.91 Å². The molecule has 0 aliphatic rings. The normalized spacial score (nSPS) is 10.4. The fraction of sp³-hybridized carbons (Fsp3) is 0.133. The van der Waals surface area contributed by atoms with Crippen LogP contribution in [0.5, 0.6) is 5.75 Å². The zero-order valence-corrected chi connectivity index (χ0v) is 11.1. The molecule has 0 saturated heterocycles. The summed E-state index contributed by atoms with van der Waals surface area (Å²) in [5.41, 5.74) is 3.80. The van der Waals surface area contributed by atoms with E-state index < -0.39 is 0 Å². The number of hydrogen-bond acceptors (Lipinski definition) is 4. The molecule has 0 unspecified atom stereocenters. The lowest BCUT2D eigenvalue weighted by Gasteiger charge is -2.08. The van der Waals surface area contributed by atoms with Gasteiger partial charge in [0.15, 0.2) is 0 Å². The molecule has 5 heteroatoms. The number of hydrazone groups is 1. The number of carbonyl (C=O) groups is 1. The summed E-state index contributed by atoms with van der Waals surface area (Å²) in [6.07, 6.45) is 4.88. The van der Waals surface area contributed by atoms with E-state index in [0.717, 1.165) is 5.56 Å². The van der Waals surface area contributed by atoms with Crippen molar-refractivity contribution in [2.75, 3.05) is 6.61 Å². The highest BCUT2D eigenvalue weighted by atomic mass is 16.5. The Morgan fingerprint density at radius 3 is 2.80 bits per heavy atom. The van der Waals surface area contributed by atoms with Crippen LogP contribution in [0.2, 0.25) is 0 Å². The number of aromatic nitrogens is 1. The van der Waals surface area contributed by atoms with Crippen LogP contribution in [0, 0.1) is 0 Å². The molecule has 20 heavy (non-hydrogen) atoms. The summed E-state index contributed by atoms with van der Waals surface area (Å²) in [5, 5.41) is 3.91. The number of hydrogen-bond donors (Lipinski definition) is 1. The molecule has 5 nitrogen and oxygen atoms in total. The number of ether oxygens (including phenoxy) is 1. The number of pyridine rings is 1. The lowest BCUT2D eigenvalue weighted by atomic mass is 10.2. The summed E-state index contributed by atoms with van der Waals surface area (Å²) in [5.74, 6) is 0.242. The van der Waals surface area contributed by atoms with Crippen molar-refractivity contribution < 1.29 is 9.53 Å². The highest BCUT2D eigenvalue weighted by Crippen LogP contribution is 2.17. The lowest BCUT2D eigenvalue weighted by Crippen LogP contribution is -2.18. The average Bonchev–Trinajstić information content (AvgIpc) is 2.49. The van der Waals surface area contributed by atoms with Crippen LogP contribution in [0.15, 0.2) is 53.9 Å². The van der Waals surface area contributed by atoms with E-state index in [1.807, 2.05) is 13.0 Å². The quantitative estimate of drug-likeness (QED) is 0.669. The first-order chi connectivity index (χ1) is 9.81. The van der Waals surface area contributed by atoms with Crippen LogP contribution in [0.3, 0.4) is 0 Å². The van der Waals surface area contributed by atoms with Crippen LogP contribution in [0.4, 0.5) is 0 Å². The molecular weight excluding hydrogens is 254 g/mol. The van der Waals surface area contributed by atoms with E-state index in [4.69, 9.17) is 4.74 Å². The van der Waals surface area contributed by atoms with Gasteiger partial charge in [-0.25, -0.2) is 5.43 Å². The third-order valence-electron chi connectivity index (χ3n) is 2.52. The summed E-state index contributed by atoms with van der Waals surface area (Å²) in [7, 11) is 0. The van der Waals surface area contributed by atoms with Crippen LogP contribution in [0.1, 0.15) is 22.8 Å². The summed E-state index contributed by atoms with van der Waals surface area (Å²) in [6.45, 7) is 2.38. The lowest BCUT2D eigenvalue weighted by molar-refractivity contribution is 0.0951. The number of nitrogens with one attached hydrogen (secondary N) is 1. The predicted molar refractivity (Wildman–Crippen MR) is 76.9 cm³/mol. The van der Waals surface area contributed by atoms with Crippen molar-refractivity contribution in [2.24, 2.45) is 5.10 Å². The fourth-order valence-electron chi connectivity index (χ4n) is 1.61. The Labute approximate surface area is 117 Å². The molecule has 0 saturated carbocycles. The van der Waals surface area contributed by atoms with Gasteiger partial charge in [-0.3, -0.25) is 9.78 Å². The third-order valence-corrected chi connectivity index (χ3v) is 2.52. The average molecular weight is 269 g/mol. The first kappa shape index (κ1) is 13.7. The molecule has 1 N–H and O–H groups in total. The number of amides is 1. The van der Waals surface area contributed by atoms with Crippen molar-refractivity contribution in [3.63, 3.8) is 0 Å². The molecule has 0 radical (unpaired) electrons. The molecule has 1 amide bonds. The van der Waals surface area contributed by atoms with Crippen LogP contribution in [0.25, 0.3) is 0 Å². The van der Waals surface area contributed by atoms with Crippen molar-refractivity contribution >= 4 is 12.1 Å². The second kappa shape index (κ2) is 7.04. The maximum Gasteiger partial charge on any atom is 0.275 e. The molecule has 0 atom stereocenters. The van der Waals surface area contributed by atoms with Crippen molar-refractivity contribution in [2.45, 2.75) is 6.92 Å². The van der Waals surface area contributed by atoms with Gasteiger partial charge >= 0.3 is 0 Å². The Bertz CT molecular complexity index is 597. The van der Waals surface area contributed by atoms with Crippen molar-refractivity contribution in [1.29, 1.82) is 0 Å². The topological polar surface area (TPSA) is 63.6 Å². The van der Waals surface area contributed by atoms with Crippen LogP contribution in [-0.4, -0.2) is 23.7 Å². The molecule has 2 rings (SSSR count). The van der Waals surface area contributed by atoms with Crippen LogP contribution in [-0.2, 0) is 0 Å². The number of benzene rings is 1. The first-order valence-electron chi connectivity index (χ1n) is 6.26. The Morgan fingerprint density at radius 1 is 1.30 bits per heavy atom. The second-order valence-corrected chi connectivity index (χ2v) is 3.91. The standard InChI is InChI=1S/C15H15N3O2/c1-2-20-14-6-4-3-5-13(14)15(19)18-17-11-12-7-9-16-10-8-12/h3-11H,2H2,1H3,(H,18,19)/b17-11-. The molecule has 1 heterocycles. The first-order valence-corrected chi connectivity index (χ1v) is 6.26. The summed E-state index contributed by atoms with van der Waals surface area (Å²) >= 11 is 0. The van der Waals surface area contributed by atoms with E-state index >= 15 is 0 Å². The Balaban J connectivity index is 2.04. The van der Waals surface area contributed by atoms with Crippen molar-refractivity contribution in [3.05, 3.63) is 59.9 Å². The zero-order valence-electron chi connectivity index (χ0n) is 11.1. The minimum atomic E-state index is -0.306. The van der Waals surface area contributed by atoms with Gasteiger partial charge in [0, 0.05) is 12.4 Å². The number of nitrogens with zero attached hydrogens (tertiary/aromatic N) is 2. The van der Waals surface area contributed by atoms with Crippen LogP contribution < -0.4 is 10.2 Å². The van der Waals surface area contributed by atoms with Gasteiger partial charge in [0.25, 0.3) is 5.91 Å². The highest BCUT2D eigenvalue weighted by Gasteiger charge is 2.10. The number of carbonyl (C=O) groups excluding carboxylic acids is 1. The van der Waals surface area contributed by atoms with E-state index in [1.165, 1.54) is 0 Å².